The molecule has 6 heteroatoms. The van der Waals surface area contributed by atoms with Crippen LogP contribution in [-0.2, 0) is 11.3 Å². The highest BCUT2D eigenvalue weighted by Gasteiger charge is 2.05. The molecule has 130 valence electrons. The van der Waals surface area contributed by atoms with E-state index in [-0.39, 0.29) is 30.0 Å². The summed E-state index contributed by atoms with van der Waals surface area (Å²) < 4.78 is 11.0. The Bertz CT molecular complexity index is 635. The van der Waals surface area contributed by atoms with Gasteiger partial charge in [0.1, 0.15) is 11.5 Å². The van der Waals surface area contributed by atoms with Gasteiger partial charge in [-0.1, -0.05) is 36.4 Å². The molecule has 0 spiro atoms. The number of nitrogens with one attached hydrogen (secondary N) is 1. The van der Waals surface area contributed by atoms with Gasteiger partial charge in [0.05, 0.1) is 13.2 Å². The van der Waals surface area contributed by atoms with E-state index < -0.39 is 0 Å². The van der Waals surface area contributed by atoms with E-state index in [9.17, 15) is 0 Å². The minimum absolute atomic E-state index is 0. The van der Waals surface area contributed by atoms with Gasteiger partial charge in [-0.15, -0.1) is 24.0 Å². The van der Waals surface area contributed by atoms with Gasteiger partial charge in [-0.05, 0) is 25.1 Å². The predicted molar refractivity (Wildman–Crippen MR) is 108 cm³/mol. The van der Waals surface area contributed by atoms with Crippen molar-refractivity contribution in [2.24, 2.45) is 10.7 Å². The first-order chi connectivity index (χ1) is 11.2. The zero-order valence-electron chi connectivity index (χ0n) is 13.9. The standard InChI is InChI=1S/C18H23N3O2.HI/c1-14(13-22-2)21-18(19)20-12-15-8-6-7-11-17(15)23-16-9-4-3-5-10-16;/h3-11,14H,12-13H2,1-2H3,(H3,19,20,21);1H. The van der Waals surface area contributed by atoms with Crippen molar-refractivity contribution in [2.75, 3.05) is 13.7 Å². The number of aliphatic imine (C=N–C) groups is 1. The van der Waals surface area contributed by atoms with Crippen molar-refractivity contribution in [1.29, 1.82) is 0 Å². The third kappa shape index (κ3) is 6.76. The van der Waals surface area contributed by atoms with Crippen LogP contribution in [0.4, 0.5) is 0 Å². The van der Waals surface area contributed by atoms with Crippen LogP contribution < -0.4 is 15.8 Å². The number of benzene rings is 2. The summed E-state index contributed by atoms with van der Waals surface area (Å²) in [6.45, 7) is 3.00. The van der Waals surface area contributed by atoms with Gasteiger partial charge in [0.15, 0.2) is 5.96 Å². The van der Waals surface area contributed by atoms with Crippen LogP contribution in [0.25, 0.3) is 0 Å². The van der Waals surface area contributed by atoms with Gasteiger partial charge in [-0.3, -0.25) is 0 Å². The van der Waals surface area contributed by atoms with E-state index in [4.69, 9.17) is 15.2 Å². The Morgan fingerprint density at radius 1 is 1.12 bits per heavy atom. The molecule has 0 saturated heterocycles. The molecule has 1 unspecified atom stereocenters. The summed E-state index contributed by atoms with van der Waals surface area (Å²) in [6.07, 6.45) is 0. The SMILES string of the molecule is COCC(C)NC(N)=NCc1ccccc1Oc1ccccc1.I. The van der Waals surface area contributed by atoms with E-state index in [2.05, 4.69) is 10.3 Å². The number of nitrogens with two attached hydrogens (primary N) is 1. The molecule has 0 aliphatic carbocycles. The molecule has 0 saturated carbocycles. The highest BCUT2D eigenvalue weighted by molar-refractivity contribution is 14.0. The maximum Gasteiger partial charge on any atom is 0.189 e. The first kappa shape index (κ1) is 20.2. The summed E-state index contributed by atoms with van der Waals surface area (Å²) in [7, 11) is 1.66. The fourth-order valence-electron chi connectivity index (χ4n) is 2.11. The van der Waals surface area contributed by atoms with Crippen LogP contribution in [-0.4, -0.2) is 25.7 Å². The van der Waals surface area contributed by atoms with Gasteiger partial charge in [-0.25, -0.2) is 4.99 Å². The van der Waals surface area contributed by atoms with Crippen LogP contribution in [0.2, 0.25) is 0 Å². The first-order valence-corrected chi connectivity index (χ1v) is 7.55. The van der Waals surface area contributed by atoms with Gasteiger partial charge in [0.25, 0.3) is 0 Å². The van der Waals surface area contributed by atoms with Crippen molar-refractivity contribution in [3.8, 4) is 11.5 Å². The molecule has 2 rings (SSSR count). The number of para-hydroxylation sites is 2. The Hall–Kier alpha value is -1.80. The lowest BCUT2D eigenvalue weighted by Gasteiger charge is -2.13. The molecule has 0 bridgehead atoms. The molecule has 0 aliphatic heterocycles. The van der Waals surface area contributed by atoms with Crippen LogP contribution in [0.3, 0.4) is 0 Å². The Morgan fingerprint density at radius 3 is 2.50 bits per heavy atom. The predicted octanol–water partition coefficient (Wildman–Crippen LogP) is 3.54. The van der Waals surface area contributed by atoms with Crippen LogP contribution >= 0.6 is 24.0 Å². The number of guanidine groups is 1. The minimum atomic E-state index is 0. The Kier molecular flexibility index (Phi) is 9.18. The molecular formula is C18H24IN3O2. The van der Waals surface area contributed by atoms with Crippen LogP contribution in [0.15, 0.2) is 59.6 Å². The fourth-order valence-corrected chi connectivity index (χ4v) is 2.11. The minimum Gasteiger partial charge on any atom is -0.457 e. The number of hydrogen-bond donors (Lipinski definition) is 2. The Morgan fingerprint density at radius 2 is 1.79 bits per heavy atom. The van der Waals surface area contributed by atoms with Crippen molar-refractivity contribution in [2.45, 2.75) is 19.5 Å². The molecule has 2 aromatic carbocycles. The van der Waals surface area contributed by atoms with Gasteiger partial charge in [0.2, 0.25) is 0 Å². The number of hydrogen-bond acceptors (Lipinski definition) is 3. The Labute approximate surface area is 160 Å². The number of nitrogens with zero attached hydrogens (tertiary/aromatic N) is 1. The number of halogens is 1. The summed E-state index contributed by atoms with van der Waals surface area (Å²) in [6, 6.07) is 17.6. The number of ether oxygens (including phenoxy) is 2. The van der Waals surface area contributed by atoms with Gasteiger partial charge in [-0.2, -0.15) is 0 Å². The maximum atomic E-state index is 5.91. The molecular weight excluding hydrogens is 417 g/mol. The van der Waals surface area contributed by atoms with Gasteiger partial charge in [0, 0.05) is 18.7 Å². The second-order valence-electron chi connectivity index (χ2n) is 5.23. The van der Waals surface area contributed by atoms with Gasteiger partial charge >= 0.3 is 0 Å². The lowest BCUT2D eigenvalue weighted by molar-refractivity contribution is 0.179. The zero-order valence-corrected chi connectivity index (χ0v) is 16.3. The molecule has 0 fully saturated rings. The van der Waals surface area contributed by atoms with E-state index in [0.717, 1.165) is 17.1 Å². The van der Waals surface area contributed by atoms with E-state index in [1.54, 1.807) is 7.11 Å². The molecule has 0 aromatic heterocycles. The lowest BCUT2D eigenvalue weighted by Crippen LogP contribution is -2.40. The van der Waals surface area contributed by atoms with Crippen molar-refractivity contribution < 1.29 is 9.47 Å². The monoisotopic (exact) mass is 441 g/mol. The molecule has 0 radical (unpaired) electrons. The largest absolute Gasteiger partial charge is 0.457 e. The molecule has 0 aliphatic rings. The summed E-state index contributed by atoms with van der Waals surface area (Å²) in [5, 5.41) is 3.08. The highest BCUT2D eigenvalue weighted by Crippen LogP contribution is 2.25. The van der Waals surface area contributed by atoms with Crippen molar-refractivity contribution in [3.63, 3.8) is 0 Å². The second-order valence-corrected chi connectivity index (χ2v) is 5.23. The summed E-state index contributed by atoms with van der Waals surface area (Å²) in [4.78, 5) is 4.37. The van der Waals surface area contributed by atoms with Crippen molar-refractivity contribution >= 4 is 29.9 Å². The van der Waals surface area contributed by atoms with E-state index in [1.165, 1.54) is 0 Å². The quantitative estimate of drug-likeness (QED) is 0.392. The molecule has 1 atom stereocenters. The average Bonchev–Trinajstić information content (AvgIpc) is 2.55. The fraction of sp³-hybridized carbons (Fsp3) is 0.278. The van der Waals surface area contributed by atoms with Crippen LogP contribution in [0, 0.1) is 0 Å². The van der Waals surface area contributed by atoms with Crippen molar-refractivity contribution in [3.05, 3.63) is 60.2 Å². The lowest BCUT2D eigenvalue weighted by atomic mass is 10.2. The molecule has 0 heterocycles. The first-order valence-electron chi connectivity index (χ1n) is 7.55. The van der Waals surface area contributed by atoms with E-state index >= 15 is 0 Å². The molecule has 2 aromatic rings. The third-order valence-electron chi connectivity index (χ3n) is 3.17. The molecule has 3 N–H and O–H groups in total. The molecule has 24 heavy (non-hydrogen) atoms. The average molecular weight is 441 g/mol. The van der Waals surface area contributed by atoms with Crippen LogP contribution in [0.5, 0.6) is 11.5 Å². The summed E-state index contributed by atoms with van der Waals surface area (Å²) >= 11 is 0. The van der Waals surface area contributed by atoms with Gasteiger partial charge < -0.3 is 20.5 Å². The summed E-state index contributed by atoms with van der Waals surface area (Å²) in [5.74, 6) is 1.97. The summed E-state index contributed by atoms with van der Waals surface area (Å²) in [5.41, 5.74) is 6.87. The van der Waals surface area contributed by atoms with E-state index in [1.807, 2.05) is 61.5 Å². The Balaban J connectivity index is 0.00000288. The molecule has 5 nitrogen and oxygen atoms in total. The van der Waals surface area contributed by atoms with Crippen LogP contribution in [0.1, 0.15) is 12.5 Å². The van der Waals surface area contributed by atoms with Crippen molar-refractivity contribution in [1.82, 2.24) is 5.32 Å². The third-order valence-corrected chi connectivity index (χ3v) is 3.17. The number of rotatable bonds is 7. The molecule has 0 amide bonds. The second kappa shape index (κ2) is 10.9. The maximum absolute atomic E-state index is 5.91. The normalized spacial score (nSPS) is 12.2. The highest BCUT2D eigenvalue weighted by atomic mass is 127. The smallest absolute Gasteiger partial charge is 0.189 e. The van der Waals surface area contributed by atoms with E-state index in [0.29, 0.717) is 19.1 Å². The number of methoxy groups -OCH3 is 1. The topological polar surface area (TPSA) is 68.9 Å². The zero-order chi connectivity index (χ0) is 16.5.